The molecule has 0 bridgehead atoms. The van der Waals surface area contributed by atoms with Crippen LogP contribution in [0.5, 0.6) is 5.75 Å². The van der Waals surface area contributed by atoms with Crippen molar-refractivity contribution in [3.05, 3.63) is 125 Å². The number of ether oxygens (including phenoxy) is 1. The molecule has 4 rings (SSSR count). The van der Waals surface area contributed by atoms with E-state index in [0.717, 1.165) is 30.0 Å². The van der Waals surface area contributed by atoms with E-state index >= 15 is 0 Å². The number of aliphatic imine (C=N–C) groups is 1. The van der Waals surface area contributed by atoms with Crippen LogP contribution in [-0.4, -0.2) is 5.71 Å². The molecule has 0 saturated heterocycles. The van der Waals surface area contributed by atoms with Crippen LogP contribution >= 0.6 is 8.58 Å². The van der Waals surface area contributed by atoms with Gasteiger partial charge in [-0.15, -0.1) is 0 Å². The minimum Gasteiger partial charge on any atom is -0.489 e. The standard InChI is InChI=1S/C34H38NOP/c1-6-34(7-2,31-23-25(3)21-22-32(31)36-24-28-16-10-8-11-17-28)37-33-26(4)15-14-20-30(33)27(5)35-29-18-12-9-13-19-29/h8-23,37H,6-7,24H2,1-5H3/b35-27+. The van der Waals surface area contributed by atoms with Gasteiger partial charge in [-0.2, -0.15) is 0 Å². The van der Waals surface area contributed by atoms with Gasteiger partial charge in [-0.25, -0.2) is 0 Å². The van der Waals surface area contributed by atoms with Gasteiger partial charge in [0.2, 0.25) is 0 Å². The van der Waals surface area contributed by atoms with Crippen molar-refractivity contribution in [2.75, 3.05) is 0 Å². The molecule has 4 aromatic carbocycles. The molecule has 1 atom stereocenters. The second-order valence-electron chi connectivity index (χ2n) is 9.72. The van der Waals surface area contributed by atoms with Gasteiger partial charge in [0.1, 0.15) is 12.4 Å². The Balaban J connectivity index is 1.75. The third kappa shape index (κ3) is 6.38. The largest absolute Gasteiger partial charge is 0.489 e. The van der Waals surface area contributed by atoms with Crippen LogP contribution in [0.4, 0.5) is 5.69 Å². The summed E-state index contributed by atoms with van der Waals surface area (Å²) in [5.74, 6) is 0.996. The predicted molar refractivity (Wildman–Crippen MR) is 162 cm³/mol. The summed E-state index contributed by atoms with van der Waals surface area (Å²) in [6, 6.07) is 34.0. The molecule has 0 fully saturated rings. The Morgan fingerprint density at radius 2 is 1.49 bits per heavy atom. The van der Waals surface area contributed by atoms with Crippen LogP contribution in [0.1, 0.15) is 61.4 Å². The number of aryl methyl sites for hydroxylation is 2. The lowest BCUT2D eigenvalue weighted by molar-refractivity contribution is 0.298. The number of hydrogen-bond donors (Lipinski definition) is 0. The highest BCUT2D eigenvalue weighted by molar-refractivity contribution is 7.49. The Labute approximate surface area is 224 Å². The molecular weight excluding hydrogens is 469 g/mol. The van der Waals surface area contributed by atoms with Crippen molar-refractivity contribution in [2.45, 2.75) is 59.2 Å². The lowest BCUT2D eigenvalue weighted by Crippen LogP contribution is -2.26. The first-order valence-electron chi connectivity index (χ1n) is 13.2. The van der Waals surface area contributed by atoms with Crippen molar-refractivity contribution >= 4 is 25.3 Å². The summed E-state index contributed by atoms with van der Waals surface area (Å²) in [5.41, 5.74) is 8.39. The molecule has 0 radical (unpaired) electrons. The number of para-hydroxylation sites is 1. The lowest BCUT2D eigenvalue weighted by Gasteiger charge is -2.35. The summed E-state index contributed by atoms with van der Waals surface area (Å²) >= 11 is 0. The van der Waals surface area contributed by atoms with Crippen molar-refractivity contribution in [2.24, 2.45) is 4.99 Å². The van der Waals surface area contributed by atoms with Crippen LogP contribution in [0.2, 0.25) is 0 Å². The molecule has 0 heterocycles. The summed E-state index contributed by atoms with van der Waals surface area (Å²) in [7, 11) is 0.597. The Bertz CT molecular complexity index is 1340. The first-order valence-corrected chi connectivity index (χ1v) is 14.2. The number of rotatable bonds is 10. The normalized spacial score (nSPS) is 12.3. The van der Waals surface area contributed by atoms with Crippen molar-refractivity contribution in [1.29, 1.82) is 0 Å². The Kier molecular flexibility index (Phi) is 8.95. The molecule has 4 aromatic rings. The molecule has 2 nitrogen and oxygen atoms in total. The molecule has 0 spiro atoms. The Morgan fingerprint density at radius 1 is 0.811 bits per heavy atom. The number of nitrogens with zero attached hydrogens (tertiary/aromatic N) is 1. The topological polar surface area (TPSA) is 21.6 Å². The van der Waals surface area contributed by atoms with E-state index in [-0.39, 0.29) is 5.16 Å². The highest BCUT2D eigenvalue weighted by Crippen LogP contribution is 2.51. The average Bonchev–Trinajstić information content (AvgIpc) is 2.93. The van der Waals surface area contributed by atoms with E-state index in [0.29, 0.717) is 15.2 Å². The van der Waals surface area contributed by atoms with Crippen molar-refractivity contribution < 1.29 is 4.74 Å². The highest BCUT2D eigenvalue weighted by atomic mass is 31.1. The smallest absolute Gasteiger partial charge is 0.123 e. The van der Waals surface area contributed by atoms with E-state index in [1.807, 2.05) is 24.3 Å². The van der Waals surface area contributed by atoms with Gasteiger partial charge in [-0.3, -0.25) is 4.99 Å². The second-order valence-corrected chi connectivity index (χ2v) is 11.4. The van der Waals surface area contributed by atoms with Crippen molar-refractivity contribution in [3.63, 3.8) is 0 Å². The van der Waals surface area contributed by atoms with E-state index in [1.54, 1.807) is 0 Å². The zero-order valence-corrected chi connectivity index (χ0v) is 23.7. The SMILES string of the molecule is CCC(CC)(Pc1c(C)cccc1/C(C)=N/c1ccccc1)c1cc(C)ccc1OCc1ccccc1. The third-order valence-electron chi connectivity index (χ3n) is 7.17. The fourth-order valence-electron chi connectivity index (χ4n) is 4.88. The quantitative estimate of drug-likeness (QED) is 0.155. The van der Waals surface area contributed by atoms with E-state index in [1.165, 1.54) is 33.1 Å². The van der Waals surface area contributed by atoms with E-state index in [9.17, 15) is 0 Å². The summed E-state index contributed by atoms with van der Waals surface area (Å²) in [4.78, 5) is 4.98. The fraction of sp³-hybridized carbons (Fsp3) is 0.265. The van der Waals surface area contributed by atoms with Gasteiger partial charge in [-0.05, 0) is 68.2 Å². The van der Waals surface area contributed by atoms with Gasteiger partial charge in [0.05, 0.1) is 5.69 Å². The zero-order chi connectivity index (χ0) is 26.3. The Hall–Kier alpha value is -3.22. The second kappa shape index (κ2) is 12.3. The van der Waals surface area contributed by atoms with Gasteiger partial charge in [0.25, 0.3) is 0 Å². The molecule has 0 aliphatic carbocycles. The van der Waals surface area contributed by atoms with Crippen LogP contribution in [0.15, 0.2) is 102 Å². The molecule has 0 aliphatic heterocycles. The third-order valence-corrected chi connectivity index (χ3v) is 9.54. The molecule has 37 heavy (non-hydrogen) atoms. The van der Waals surface area contributed by atoms with Crippen molar-refractivity contribution in [1.82, 2.24) is 0 Å². The molecular formula is C34H38NOP. The summed E-state index contributed by atoms with van der Waals surface area (Å²) in [5, 5.41) is 1.38. The summed E-state index contributed by atoms with van der Waals surface area (Å²) < 4.78 is 6.49. The van der Waals surface area contributed by atoms with Gasteiger partial charge in [-0.1, -0.05) is 107 Å². The maximum absolute atomic E-state index is 6.49. The van der Waals surface area contributed by atoms with Crippen molar-refractivity contribution in [3.8, 4) is 5.75 Å². The first kappa shape index (κ1) is 26.8. The zero-order valence-electron chi connectivity index (χ0n) is 22.7. The predicted octanol–water partition coefficient (Wildman–Crippen LogP) is 9.04. The fourth-order valence-corrected chi connectivity index (χ4v) is 6.73. The summed E-state index contributed by atoms with van der Waals surface area (Å²) in [6.45, 7) is 11.8. The minimum absolute atomic E-state index is 0.0219. The minimum atomic E-state index is -0.0219. The lowest BCUT2D eigenvalue weighted by atomic mass is 9.90. The van der Waals surface area contributed by atoms with Crippen LogP contribution in [0, 0.1) is 13.8 Å². The molecule has 3 heteroatoms. The number of benzene rings is 4. The van der Waals surface area contributed by atoms with E-state index in [4.69, 9.17) is 9.73 Å². The van der Waals surface area contributed by atoms with Crippen LogP contribution in [-0.2, 0) is 11.8 Å². The van der Waals surface area contributed by atoms with Gasteiger partial charge < -0.3 is 4.74 Å². The molecule has 1 unspecified atom stereocenters. The molecule has 0 N–H and O–H groups in total. The molecule has 0 saturated carbocycles. The average molecular weight is 508 g/mol. The maximum Gasteiger partial charge on any atom is 0.123 e. The first-order chi connectivity index (χ1) is 18.0. The highest BCUT2D eigenvalue weighted by Gasteiger charge is 2.33. The molecule has 0 aromatic heterocycles. The van der Waals surface area contributed by atoms with Gasteiger partial charge in [0.15, 0.2) is 0 Å². The molecule has 0 aliphatic rings. The van der Waals surface area contributed by atoms with Crippen LogP contribution < -0.4 is 10.0 Å². The van der Waals surface area contributed by atoms with Crippen LogP contribution in [0.25, 0.3) is 0 Å². The Morgan fingerprint density at radius 3 is 2.16 bits per heavy atom. The molecule has 0 amide bonds. The van der Waals surface area contributed by atoms with Gasteiger partial charge >= 0.3 is 0 Å². The molecule has 190 valence electrons. The van der Waals surface area contributed by atoms with E-state index < -0.39 is 0 Å². The monoisotopic (exact) mass is 507 g/mol. The summed E-state index contributed by atoms with van der Waals surface area (Å²) in [6.07, 6.45) is 2.07. The number of hydrogen-bond acceptors (Lipinski definition) is 2. The maximum atomic E-state index is 6.49. The van der Waals surface area contributed by atoms with Gasteiger partial charge in [0, 0.05) is 22.0 Å². The van der Waals surface area contributed by atoms with Crippen LogP contribution in [0.3, 0.4) is 0 Å². The van der Waals surface area contributed by atoms with E-state index in [2.05, 4.69) is 107 Å².